The number of hydrogen-bond acceptors (Lipinski definition) is 3. The van der Waals surface area contributed by atoms with Gasteiger partial charge in [-0.1, -0.05) is 88.3 Å². The highest BCUT2D eigenvalue weighted by Crippen LogP contribution is 2.28. The molecule has 140 valence electrons. The monoisotopic (exact) mass is 365 g/mol. The van der Waals surface area contributed by atoms with Gasteiger partial charge in [0.05, 0.1) is 0 Å². The molecule has 2 aromatic carbocycles. The Kier molecular flexibility index (Phi) is 9.11. The zero-order chi connectivity index (χ0) is 17.4. The third-order valence-corrected chi connectivity index (χ3v) is 5.52. The lowest BCUT2D eigenvalue weighted by Gasteiger charge is -2.11. The van der Waals surface area contributed by atoms with E-state index in [4.69, 9.17) is 0 Å². The Bertz CT molecular complexity index is 757. The number of hydrogen-bond donors (Lipinski definition) is 2. The molecule has 0 unspecified atom stereocenters. The zero-order valence-electron chi connectivity index (χ0n) is 15.2. The van der Waals surface area contributed by atoms with Crippen LogP contribution >= 0.6 is 0 Å². The van der Waals surface area contributed by atoms with E-state index in [0.717, 1.165) is 23.8 Å². The summed E-state index contributed by atoms with van der Waals surface area (Å²) in [5.74, 6) is 0. The Morgan fingerprint density at radius 2 is 1.44 bits per heavy atom. The third-order valence-electron chi connectivity index (χ3n) is 4.52. The molecule has 0 aliphatic heterocycles. The smallest absolute Gasteiger partial charge is 0.295 e. The van der Waals surface area contributed by atoms with E-state index in [0.29, 0.717) is 11.8 Å². The maximum absolute atomic E-state index is 11.9. The molecule has 0 aliphatic rings. The second kappa shape index (κ2) is 10.5. The van der Waals surface area contributed by atoms with Crippen molar-refractivity contribution in [3.63, 3.8) is 0 Å². The molecule has 5 heteroatoms. The summed E-state index contributed by atoms with van der Waals surface area (Å²) in [6.45, 7) is 2.22. The Morgan fingerprint density at radius 1 is 0.840 bits per heavy atom. The fraction of sp³-hybridized carbons (Fsp3) is 0.500. The first kappa shape index (κ1) is 21.6. The molecule has 2 aromatic rings. The van der Waals surface area contributed by atoms with Crippen LogP contribution in [0, 0.1) is 0 Å². The van der Waals surface area contributed by atoms with Gasteiger partial charge < -0.3 is 6.15 Å². The van der Waals surface area contributed by atoms with Crippen molar-refractivity contribution in [2.75, 3.05) is 0 Å². The number of fused-ring (bicyclic) bond motifs is 1. The summed E-state index contributed by atoms with van der Waals surface area (Å²) >= 11 is 0. The van der Waals surface area contributed by atoms with Crippen LogP contribution in [0.1, 0.15) is 63.9 Å². The van der Waals surface area contributed by atoms with Crippen LogP contribution in [0.2, 0.25) is 0 Å². The topological polar surface area (TPSA) is 89.4 Å². The van der Waals surface area contributed by atoms with Gasteiger partial charge in [-0.2, -0.15) is 8.42 Å². The van der Waals surface area contributed by atoms with E-state index in [9.17, 15) is 13.0 Å². The van der Waals surface area contributed by atoms with Gasteiger partial charge in [0.25, 0.3) is 10.1 Å². The van der Waals surface area contributed by atoms with Gasteiger partial charge >= 0.3 is 0 Å². The Balaban J connectivity index is 0.00000312. The second-order valence-corrected chi connectivity index (χ2v) is 7.83. The summed E-state index contributed by atoms with van der Waals surface area (Å²) in [5, 5.41) is 1.45. The average molecular weight is 366 g/mol. The van der Waals surface area contributed by atoms with Crippen LogP contribution in [0.15, 0.2) is 41.3 Å². The van der Waals surface area contributed by atoms with Gasteiger partial charge in [-0.3, -0.25) is 4.55 Å². The molecule has 2 rings (SSSR count). The lowest BCUT2D eigenvalue weighted by molar-refractivity contribution is 0.482. The first-order valence-corrected chi connectivity index (χ1v) is 10.5. The molecule has 0 bridgehead atoms. The highest BCUT2D eigenvalue weighted by atomic mass is 32.2. The quantitative estimate of drug-likeness (QED) is 0.403. The maximum atomic E-state index is 11.9. The zero-order valence-corrected chi connectivity index (χ0v) is 16.0. The standard InChI is InChI=1S/C20H28O3S.H3N/c1-2-3-4-5-6-7-8-9-13-18-16-15-17-12-10-11-14-19(17)20(18)24(21,22)23;/h10-12,14-16H,2-9,13H2,1H3,(H,21,22,23);1H3. The van der Waals surface area contributed by atoms with Crippen LogP contribution in [-0.4, -0.2) is 13.0 Å². The van der Waals surface area contributed by atoms with Crippen molar-refractivity contribution in [3.8, 4) is 0 Å². The molecule has 25 heavy (non-hydrogen) atoms. The largest absolute Gasteiger partial charge is 0.344 e. The Morgan fingerprint density at radius 3 is 2.08 bits per heavy atom. The van der Waals surface area contributed by atoms with Crippen LogP contribution in [0.3, 0.4) is 0 Å². The molecule has 4 N–H and O–H groups in total. The van der Waals surface area contributed by atoms with Gasteiger partial charge in [0.1, 0.15) is 4.90 Å². The van der Waals surface area contributed by atoms with E-state index >= 15 is 0 Å². The van der Waals surface area contributed by atoms with Gasteiger partial charge in [0.2, 0.25) is 0 Å². The molecule has 0 aliphatic carbocycles. The van der Waals surface area contributed by atoms with Gasteiger partial charge in [-0.05, 0) is 23.8 Å². The van der Waals surface area contributed by atoms with Crippen LogP contribution in [-0.2, 0) is 16.5 Å². The van der Waals surface area contributed by atoms with Crippen molar-refractivity contribution in [1.29, 1.82) is 0 Å². The van der Waals surface area contributed by atoms with E-state index < -0.39 is 10.1 Å². The summed E-state index contributed by atoms with van der Waals surface area (Å²) in [6, 6.07) is 11.1. The predicted octanol–water partition coefficient (Wildman–Crippen LogP) is 5.93. The van der Waals surface area contributed by atoms with Crippen LogP contribution in [0.25, 0.3) is 10.8 Å². The molecular formula is C20H31NO3S. The molecule has 0 fully saturated rings. The van der Waals surface area contributed by atoms with Gasteiger partial charge in [-0.15, -0.1) is 0 Å². The summed E-state index contributed by atoms with van der Waals surface area (Å²) < 4.78 is 33.4. The lowest BCUT2D eigenvalue weighted by Crippen LogP contribution is -2.04. The van der Waals surface area contributed by atoms with Gasteiger partial charge in [0.15, 0.2) is 0 Å². The minimum Gasteiger partial charge on any atom is -0.344 e. The SMILES string of the molecule is CCCCCCCCCCc1ccc2ccccc2c1S(=O)(=O)O.N. The first-order valence-electron chi connectivity index (χ1n) is 9.02. The molecule has 0 heterocycles. The minimum absolute atomic E-state index is 0. The number of rotatable bonds is 10. The van der Waals surface area contributed by atoms with Crippen molar-refractivity contribution in [2.45, 2.75) is 69.6 Å². The van der Waals surface area contributed by atoms with Crippen LogP contribution in [0.4, 0.5) is 0 Å². The lowest BCUT2D eigenvalue weighted by atomic mass is 10.0. The van der Waals surface area contributed by atoms with Crippen LogP contribution in [0.5, 0.6) is 0 Å². The van der Waals surface area contributed by atoms with Crippen molar-refractivity contribution >= 4 is 20.9 Å². The fourth-order valence-electron chi connectivity index (χ4n) is 3.24. The van der Waals surface area contributed by atoms with E-state index in [-0.39, 0.29) is 11.0 Å². The third kappa shape index (κ3) is 6.42. The van der Waals surface area contributed by atoms with Crippen molar-refractivity contribution in [2.24, 2.45) is 0 Å². The number of unbranched alkanes of at least 4 members (excludes halogenated alkanes) is 7. The van der Waals surface area contributed by atoms with Crippen molar-refractivity contribution < 1.29 is 13.0 Å². The van der Waals surface area contributed by atoms with E-state index in [1.54, 1.807) is 12.1 Å². The van der Waals surface area contributed by atoms with E-state index in [1.807, 2.05) is 24.3 Å². The summed E-state index contributed by atoms with van der Waals surface area (Å²) in [4.78, 5) is 0.0866. The Hall–Kier alpha value is -1.43. The minimum atomic E-state index is -4.22. The Labute approximate surface area is 152 Å². The fourth-order valence-corrected chi connectivity index (χ4v) is 4.20. The first-order chi connectivity index (χ1) is 11.5. The van der Waals surface area contributed by atoms with Gasteiger partial charge in [-0.25, -0.2) is 0 Å². The number of benzene rings is 2. The number of aryl methyl sites for hydroxylation is 1. The summed E-state index contributed by atoms with van der Waals surface area (Å²) in [5.41, 5.74) is 0.724. The molecule has 0 atom stereocenters. The molecular weight excluding hydrogens is 334 g/mol. The molecule has 0 spiro atoms. The molecule has 4 nitrogen and oxygen atoms in total. The van der Waals surface area contributed by atoms with Crippen LogP contribution < -0.4 is 6.15 Å². The normalized spacial score (nSPS) is 11.4. The molecule has 0 aromatic heterocycles. The summed E-state index contributed by atoms with van der Waals surface area (Å²) in [6.07, 6.45) is 10.4. The second-order valence-electron chi connectivity index (χ2n) is 6.47. The highest BCUT2D eigenvalue weighted by molar-refractivity contribution is 7.86. The van der Waals surface area contributed by atoms with Crippen molar-refractivity contribution in [1.82, 2.24) is 6.15 Å². The predicted molar refractivity (Wildman–Crippen MR) is 105 cm³/mol. The van der Waals surface area contributed by atoms with E-state index in [1.165, 1.54) is 38.5 Å². The molecule has 0 saturated carbocycles. The van der Waals surface area contributed by atoms with E-state index in [2.05, 4.69) is 6.92 Å². The maximum Gasteiger partial charge on any atom is 0.295 e. The molecule has 0 radical (unpaired) electrons. The molecule has 0 saturated heterocycles. The van der Waals surface area contributed by atoms with Crippen molar-refractivity contribution in [3.05, 3.63) is 42.0 Å². The summed E-state index contributed by atoms with van der Waals surface area (Å²) in [7, 11) is -4.22. The van der Waals surface area contributed by atoms with Gasteiger partial charge in [0, 0.05) is 5.39 Å². The molecule has 0 amide bonds. The highest BCUT2D eigenvalue weighted by Gasteiger charge is 2.18. The average Bonchev–Trinajstić information content (AvgIpc) is 2.55.